The molecule has 0 amide bonds. The third-order valence-corrected chi connectivity index (χ3v) is 3.44. The van der Waals surface area contributed by atoms with Gasteiger partial charge in [-0.2, -0.15) is 4.98 Å². The van der Waals surface area contributed by atoms with Gasteiger partial charge < -0.3 is 10.3 Å². The lowest BCUT2D eigenvalue weighted by Gasteiger charge is -1.99. The van der Waals surface area contributed by atoms with Crippen molar-refractivity contribution in [3.05, 3.63) is 52.3 Å². The zero-order valence-electron chi connectivity index (χ0n) is 10.5. The maximum absolute atomic E-state index is 13.2. The van der Waals surface area contributed by atoms with Crippen LogP contribution in [0.5, 0.6) is 0 Å². The molecule has 106 valence electrons. The van der Waals surface area contributed by atoms with E-state index in [1.807, 2.05) is 0 Å². The Kier molecular flexibility index (Phi) is 3.53. The van der Waals surface area contributed by atoms with Crippen LogP contribution in [0.1, 0.15) is 0 Å². The second kappa shape index (κ2) is 5.35. The molecule has 0 saturated carbocycles. The molecule has 3 rings (SSSR count). The fourth-order valence-electron chi connectivity index (χ4n) is 1.79. The monoisotopic (exact) mass is 323 g/mol. The summed E-state index contributed by atoms with van der Waals surface area (Å²) in [7, 11) is 0. The van der Waals surface area contributed by atoms with Gasteiger partial charge in [0.05, 0.1) is 15.6 Å². The van der Waals surface area contributed by atoms with Gasteiger partial charge in [-0.15, -0.1) is 0 Å². The fraction of sp³-hybridized carbons (Fsp3) is 0. The lowest BCUT2D eigenvalue weighted by atomic mass is 10.2. The summed E-state index contributed by atoms with van der Waals surface area (Å²) in [4.78, 5) is 4.22. The lowest BCUT2D eigenvalue weighted by Crippen LogP contribution is -1.87. The Morgan fingerprint density at radius 2 is 1.86 bits per heavy atom. The number of nitrogens with zero attached hydrogens (tertiary/aromatic N) is 2. The van der Waals surface area contributed by atoms with Crippen molar-refractivity contribution in [2.45, 2.75) is 0 Å². The minimum Gasteiger partial charge on any atom is -0.399 e. The molecular weight excluding hydrogens is 316 g/mol. The van der Waals surface area contributed by atoms with Crippen molar-refractivity contribution in [1.29, 1.82) is 0 Å². The minimum atomic E-state index is -0.511. The third-order valence-electron chi connectivity index (χ3n) is 2.82. The molecule has 0 spiro atoms. The van der Waals surface area contributed by atoms with Crippen LogP contribution in [0.4, 0.5) is 10.1 Å². The first-order valence-corrected chi connectivity index (χ1v) is 6.65. The Hall–Kier alpha value is -2.11. The normalized spacial score (nSPS) is 10.8. The second-order valence-corrected chi connectivity index (χ2v) is 5.11. The molecule has 7 heteroatoms. The Labute approximate surface area is 129 Å². The van der Waals surface area contributed by atoms with Crippen LogP contribution in [0.2, 0.25) is 10.0 Å². The molecule has 0 radical (unpaired) electrons. The van der Waals surface area contributed by atoms with Crippen LogP contribution < -0.4 is 5.73 Å². The molecule has 0 aliphatic carbocycles. The highest BCUT2D eigenvalue weighted by molar-refractivity contribution is 6.33. The SMILES string of the molecule is Nc1ccc(Cl)c(-c2nc(-c3ccc(F)c(Cl)c3)no2)c1. The molecule has 1 aromatic heterocycles. The van der Waals surface area contributed by atoms with Gasteiger partial charge in [0.1, 0.15) is 5.82 Å². The zero-order chi connectivity index (χ0) is 15.0. The molecule has 0 atom stereocenters. The van der Waals surface area contributed by atoms with Gasteiger partial charge in [-0.25, -0.2) is 4.39 Å². The Bertz CT molecular complexity index is 820. The predicted molar refractivity (Wildman–Crippen MR) is 79.6 cm³/mol. The fourth-order valence-corrected chi connectivity index (χ4v) is 2.17. The van der Waals surface area contributed by atoms with E-state index in [2.05, 4.69) is 10.1 Å². The van der Waals surface area contributed by atoms with Crippen molar-refractivity contribution in [3.8, 4) is 22.8 Å². The molecule has 21 heavy (non-hydrogen) atoms. The van der Waals surface area contributed by atoms with E-state index in [9.17, 15) is 4.39 Å². The summed E-state index contributed by atoms with van der Waals surface area (Å²) in [6, 6.07) is 9.12. The van der Waals surface area contributed by atoms with Gasteiger partial charge in [-0.1, -0.05) is 28.4 Å². The van der Waals surface area contributed by atoms with Crippen LogP contribution in [0.15, 0.2) is 40.9 Å². The number of benzene rings is 2. The van der Waals surface area contributed by atoms with E-state index in [0.29, 0.717) is 21.8 Å². The first-order valence-electron chi connectivity index (χ1n) is 5.89. The summed E-state index contributed by atoms with van der Waals surface area (Å²) in [5.41, 5.74) is 7.31. The van der Waals surface area contributed by atoms with Gasteiger partial charge in [0.2, 0.25) is 5.82 Å². The Balaban J connectivity index is 2.03. The average Bonchev–Trinajstić information content (AvgIpc) is 2.94. The van der Waals surface area contributed by atoms with Crippen LogP contribution in [0.3, 0.4) is 0 Å². The summed E-state index contributed by atoms with van der Waals surface area (Å²) >= 11 is 11.8. The topological polar surface area (TPSA) is 64.9 Å². The zero-order valence-corrected chi connectivity index (χ0v) is 12.0. The number of nitrogens with two attached hydrogens (primary N) is 1. The molecule has 4 nitrogen and oxygen atoms in total. The number of anilines is 1. The number of halogens is 3. The Morgan fingerprint density at radius 1 is 1.05 bits per heavy atom. The molecule has 0 aliphatic rings. The summed E-state index contributed by atoms with van der Waals surface area (Å²) in [6.45, 7) is 0. The highest BCUT2D eigenvalue weighted by Crippen LogP contribution is 2.30. The van der Waals surface area contributed by atoms with Crippen molar-refractivity contribution in [3.63, 3.8) is 0 Å². The van der Waals surface area contributed by atoms with E-state index < -0.39 is 5.82 Å². The standard InChI is InChI=1S/C14H8Cl2FN3O/c15-10-3-2-8(18)6-9(10)14-19-13(20-21-14)7-1-4-12(17)11(16)5-7/h1-6H,18H2. The highest BCUT2D eigenvalue weighted by atomic mass is 35.5. The Morgan fingerprint density at radius 3 is 2.62 bits per heavy atom. The van der Waals surface area contributed by atoms with Crippen LogP contribution in [-0.4, -0.2) is 10.1 Å². The van der Waals surface area contributed by atoms with Crippen LogP contribution in [0.25, 0.3) is 22.8 Å². The van der Waals surface area contributed by atoms with Gasteiger partial charge >= 0.3 is 0 Å². The summed E-state index contributed by atoms with van der Waals surface area (Å²) in [5.74, 6) is -0.00356. The van der Waals surface area contributed by atoms with E-state index in [1.54, 1.807) is 18.2 Å². The van der Waals surface area contributed by atoms with Crippen molar-refractivity contribution >= 4 is 28.9 Å². The molecule has 2 aromatic carbocycles. The van der Waals surface area contributed by atoms with E-state index >= 15 is 0 Å². The molecule has 0 aliphatic heterocycles. The number of aromatic nitrogens is 2. The summed E-state index contributed by atoms with van der Waals surface area (Å²) in [5, 5.41) is 4.27. The van der Waals surface area contributed by atoms with Crippen LogP contribution in [-0.2, 0) is 0 Å². The number of hydrogen-bond donors (Lipinski definition) is 1. The van der Waals surface area contributed by atoms with Gasteiger partial charge in [-0.3, -0.25) is 0 Å². The molecule has 0 fully saturated rings. The first-order chi connectivity index (χ1) is 10.0. The van der Waals surface area contributed by atoms with Gasteiger partial charge in [0.25, 0.3) is 5.89 Å². The van der Waals surface area contributed by atoms with Crippen molar-refractivity contribution in [2.75, 3.05) is 5.73 Å². The number of nitrogen functional groups attached to an aromatic ring is 1. The number of hydrogen-bond acceptors (Lipinski definition) is 4. The van der Waals surface area contributed by atoms with Gasteiger partial charge in [-0.05, 0) is 36.4 Å². The molecule has 0 unspecified atom stereocenters. The maximum Gasteiger partial charge on any atom is 0.259 e. The smallest absolute Gasteiger partial charge is 0.259 e. The molecule has 2 N–H and O–H groups in total. The lowest BCUT2D eigenvalue weighted by molar-refractivity contribution is 0.432. The van der Waals surface area contributed by atoms with Crippen molar-refractivity contribution in [1.82, 2.24) is 10.1 Å². The van der Waals surface area contributed by atoms with E-state index in [-0.39, 0.29) is 16.7 Å². The molecule has 0 saturated heterocycles. The third kappa shape index (κ3) is 2.70. The minimum absolute atomic E-state index is 0.0131. The molecule has 1 heterocycles. The largest absolute Gasteiger partial charge is 0.399 e. The van der Waals surface area contributed by atoms with Gasteiger partial charge in [0.15, 0.2) is 0 Å². The van der Waals surface area contributed by atoms with E-state index in [0.717, 1.165) is 0 Å². The van der Waals surface area contributed by atoms with Crippen LogP contribution >= 0.6 is 23.2 Å². The quantitative estimate of drug-likeness (QED) is 0.708. The maximum atomic E-state index is 13.2. The first kappa shape index (κ1) is 13.9. The molecule has 0 bridgehead atoms. The van der Waals surface area contributed by atoms with Crippen LogP contribution in [0, 0.1) is 5.82 Å². The van der Waals surface area contributed by atoms with Gasteiger partial charge in [0, 0.05) is 11.3 Å². The molecular formula is C14H8Cl2FN3O. The molecule has 3 aromatic rings. The van der Waals surface area contributed by atoms with Crippen molar-refractivity contribution in [2.24, 2.45) is 0 Å². The van der Waals surface area contributed by atoms with E-state index in [1.165, 1.54) is 18.2 Å². The van der Waals surface area contributed by atoms with Crippen molar-refractivity contribution < 1.29 is 8.91 Å². The number of rotatable bonds is 2. The highest BCUT2D eigenvalue weighted by Gasteiger charge is 2.14. The average molecular weight is 324 g/mol. The van der Waals surface area contributed by atoms with E-state index in [4.69, 9.17) is 33.5 Å². The second-order valence-electron chi connectivity index (χ2n) is 4.29. The summed E-state index contributed by atoms with van der Waals surface area (Å²) < 4.78 is 18.3. The summed E-state index contributed by atoms with van der Waals surface area (Å²) in [6.07, 6.45) is 0. The predicted octanol–water partition coefficient (Wildman–Crippen LogP) is 4.43.